The fourth-order valence-corrected chi connectivity index (χ4v) is 3.31. The minimum Gasteiger partial charge on any atom is -0.366 e. The summed E-state index contributed by atoms with van der Waals surface area (Å²) in [4.78, 5) is 11.6. The van der Waals surface area contributed by atoms with Gasteiger partial charge in [-0.05, 0) is 49.1 Å². The van der Waals surface area contributed by atoms with Crippen LogP contribution in [0.5, 0.6) is 0 Å². The van der Waals surface area contributed by atoms with Crippen molar-refractivity contribution < 1.29 is 14.3 Å². The van der Waals surface area contributed by atoms with Crippen LogP contribution in [0.25, 0.3) is 0 Å². The average Bonchev–Trinajstić information content (AvgIpc) is 2.98. The van der Waals surface area contributed by atoms with Crippen LogP contribution in [0.4, 0.5) is 0 Å². The van der Waals surface area contributed by atoms with Crippen molar-refractivity contribution in [1.29, 1.82) is 0 Å². The summed E-state index contributed by atoms with van der Waals surface area (Å²) in [5.41, 5.74) is 10.4. The second kappa shape index (κ2) is 4.84. The molecule has 3 rings (SSSR count). The van der Waals surface area contributed by atoms with Crippen LogP contribution in [0.2, 0.25) is 0 Å². The van der Waals surface area contributed by atoms with Gasteiger partial charge in [-0.2, -0.15) is 0 Å². The number of fused-ring (bicyclic) bond motifs is 1. The van der Waals surface area contributed by atoms with Crippen molar-refractivity contribution in [3.63, 3.8) is 0 Å². The third-order valence-electron chi connectivity index (χ3n) is 4.52. The van der Waals surface area contributed by atoms with Gasteiger partial charge in [0, 0.05) is 12.1 Å². The first-order valence-corrected chi connectivity index (χ1v) is 6.87. The van der Waals surface area contributed by atoms with Crippen molar-refractivity contribution in [3.8, 4) is 0 Å². The molecule has 2 saturated heterocycles. The van der Waals surface area contributed by atoms with Crippen molar-refractivity contribution in [2.75, 3.05) is 13.3 Å². The van der Waals surface area contributed by atoms with Gasteiger partial charge in [-0.25, -0.2) is 0 Å². The van der Waals surface area contributed by atoms with Crippen LogP contribution in [0.15, 0.2) is 6.07 Å². The second-order valence-electron chi connectivity index (χ2n) is 5.61. The van der Waals surface area contributed by atoms with Crippen LogP contribution < -0.4 is 11.1 Å². The Balaban J connectivity index is 2.11. The molecule has 5 nitrogen and oxygen atoms in total. The Labute approximate surface area is 118 Å². The summed E-state index contributed by atoms with van der Waals surface area (Å²) in [5.74, 6) is -0.384. The van der Waals surface area contributed by atoms with Crippen molar-refractivity contribution >= 4 is 5.91 Å². The largest absolute Gasteiger partial charge is 0.366 e. The first-order valence-electron chi connectivity index (χ1n) is 6.87. The van der Waals surface area contributed by atoms with Crippen LogP contribution in [0.3, 0.4) is 0 Å². The molecule has 20 heavy (non-hydrogen) atoms. The van der Waals surface area contributed by atoms with E-state index in [1.807, 2.05) is 19.9 Å². The Morgan fingerprint density at radius 2 is 2.05 bits per heavy atom. The highest BCUT2D eigenvalue weighted by atomic mass is 16.7. The molecule has 3 unspecified atom stereocenters. The molecule has 108 valence electrons. The van der Waals surface area contributed by atoms with Gasteiger partial charge in [-0.15, -0.1) is 0 Å². The zero-order chi connectivity index (χ0) is 14.4. The standard InChI is InChI=1S/C15H20N2O3/c1-7-4-10(15(16)18)9(3)12(8(7)2)13-14-11(5-17-13)19-6-20-14/h4,11,13-14,17H,5-6H2,1-3H3,(H2,16,18). The van der Waals surface area contributed by atoms with Crippen LogP contribution in [-0.2, 0) is 9.47 Å². The molecule has 0 radical (unpaired) electrons. The van der Waals surface area contributed by atoms with Gasteiger partial charge in [0.1, 0.15) is 19.0 Å². The molecule has 2 heterocycles. The van der Waals surface area contributed by atoms with Gasteiger partial charge in [-0.3, -0.25) is 4.79 Å². The number of nitrogens with one attached hydrogen (secondary N) is 1. The maximum Gasteiger partial charge on any atom is 0.248 e. The smallest absolute Gasteiger partial charge is 0.248 e. The third kappa shape index (κ3) is 1.93. The summed E-state index contributed by atoms with van der Waals surface area (Å²) in [6, 6.07) is 1.93. The van der Waals surface area contributed by atoms with Gasteiger partial charge in [0.05, 0.1) is 6.04 Å². The molecular formula is C15H20N2O3. The van der Waals surface area contributed by atoms with Gasteiger partial charge in [-0.1, -0.05) is 0 Å². The van der Waals surface area contributed by atoms with E-state index in [0.717, 1.165) is 23.2 Å². The predicted molar refractivity (Wildman–Crippen MR) is 74.5 cm³/mol. The maximum atomic E-state index is 11.6. The monoisotopic (exact) mass is 276 g/mol. The van der Waals surface area contributed by atoms with Crippen LogP contribution in [0.1, 0.15) is 38.7 Å². The van der Waals surface area contributed by atoms with Crippen LogP contribution >= 0.6 is 0 Å². The number of primary amides is 1. The van der Waals surface area contributed by atoms with Crippen LogP contribution in [0, 0.1) is 20.8 Å². The number of nitrogens with two attached hydrogens (primary N) is 1. The predicted octanol–water partition coefficient (Wildman–Crippen LogP) is 1.10. The van der Waals surface area contributed by atoms with E-state index in [0.29, 0.717) is 12.4 Å². The molecular weight excluding hydrogens is 256 g/mol. The van der Waals surface area contributed by atoms with E-state index < -0.39 is 0 Å². The molecule has 2 aliphatic rings. The first-order chi connectivity index (χ1) is 9.50. The molecule has 1 amide bonds. The minimum absolute atomic E-state index is 0.00919. The normalized spacial score (nSPS) is 28.6. The molecule has 2 fully saturated rings. The zero-order valence-electron chi connectivity index (χ0n) is 12.0. The number of hydrogen-bond donors (Lipinski definition) is 2. The average molecular weight is 276 g/mol. The van der Waals surface area contributed by atoms with E-state index in [1.165, 1.54) is 5.56 Å². The molecule has 0 aliphatic carbocycles. The van der Waals surface area contributed by atoms with Gasteiger partial charge in [0.2, 0.25) is 5.91 Å². The van der Waals surface area contributed by atoms with E-state index in [1.54, 1.807) is 0 Å². The lowest BCUT2D eigenvalue weighted by atomic mass is 9.87. The summed E-state index contributed by atoms with van der Waals surface area (Å²) in [6.45, 7) is 7.15. The fraction of sp³-hybridized carbons (Fsp3) is 0.533. The number of ether oxygens (including phenoxy) is 2. The van der Waals surface area contributed by atoms with Crippen molar-refractivity contribution in [2.45, 2.75) is 39.0 Å². The molecule has 0 bridgehead atoms. The van der Waals surface area contributed by atoms with Crippen LogP contribution in [-0.4, -0.2) is 31.5 Å². The molecule has 0 saturated carbocycles. The topological polar surface area (TPSA) is 73.6 Å². The molecule has 3 N–H and O–H groups in total. The van der Waals surface area contributed by atoms with Crippen molar-refractivity contribution in [1.82, 2.24) is 5.32 Å². The summed E-state index contributed by atoms with van der Waals surface area (Å²) >= 11 is 0. The van der Waals surface area contributed by atoms with Crippen molar-refractivity contribution in [3.05, 3.63) is 33.9 Å². The fourth-order valence-electron chi connectivity index (χ4n) is 3.31. The molecule has 3 atom stereocenters. The Morgan fingerprint density at radius 3 is 2.75 bits per heavy atom. The summed E-state index contributed by atoms with van der Waals surface area (Å²) in [5, 5.41) is 3.45. The number of amides is 1. The zero-order valence-corrected chi connectivity index (χ0v) is 12.0. The SMILES string of the molecule is Cc1cc(C(N)=O)c(C)c(C2NCC3OCOC32)c1C. The molecule has 5 heteroatoms. The number of carbonyl (C=O) groups excluding carboxylic acids is 1. The van der Waals surface area contributed by atoms with Gasteiger partial charge >= 0.3 is 0 Å². The van der Waals surface area contributed by atoms with E-state index >= 15 is 0 Å². The van der Waals surface area contributed by atoms with E-state index in [-0.39, 0.29) is 24.2 Å². The summed E-state index contributed by atoms with van der Waals surface area (Å²) in [7, 11) is 0. The molecule has 1 aromatic carbocycles. The number of benzene rings is 1. The highest BCUT2D eigenvalue weighted by molar-refractivity contribution is 5.95. The van der Waals surface area contributed by atoms with Crippen molar-refractivity contribution in [2.24, 2.45) is 5.73 Å². The Bertz CT molecular complexity index is 571. The Morgan fingerprint density at radius 1 is 1.30 bits per heavy atom. The third-order valence-corrected chi connectivity index (χ3v) is 4.52. The molecule has 2 aliphatic heterocycles. The van der Waals surface area contributed by atoms with Gasteiger partial charge < -0.3 is 20.5 Å². The quantitative estimate of drug-likeness (QED) is 0.848. The Hall–Kier alpha value is -1.43. The Kier molecular flexibility index (Phi) is 3.28. The summed E-state index contributed by atoms with van der Waals surface area (Å²) < 4.78 is 11.2. The highest BCUT2D eigenvalue weighted by Gasteiger charge is 2.43. The second-order valence-corrected chi connectivity index (χ2v) is 5.61. The van der Waals surface area contributed by atoms with Gasteiger partial charge in [0.25, 0.3) is 0 Å². The molecule has 0 spiro atoms. The molecule has 0 aromatic heterocycles. The number of hydrogen-bond acceptors (Lipinski definition) is 4. The maximum absolute atomic E-state index is 11.6. The summed E-state index contributed by atoms with van der Waals surface area (Å²) in [6.07, 6.45) is 0.103. The number of aryl methyl sites for hydroxylation is 1. The lowest BCUT2D eigenvalue weighted by Crippen LogP contribution is -2.27. The number of rotatable bonds is 2. The van der Waals surface area contributed by atoms with E-state index in [9.17, 15) is 4.79 Å². The van der Waals surface area contributed by atoms with E-state index in [2.05, 4.69) is 12.2 Å². The first kappa shape index (κ1) is 13.5. The highest BCUT2D eigenvalue weighted by Crippen LogP contribution is 2.36. The minimum atomic E-state index is -0.384. The van der Waals surface area contributed by atoms with E-state index in [4.69, 9.17) is 15.2 Å². The molecule has 1 aromatic rings. The number of carbonyl (C=O) groups is 1. The lowest BCUT2D eigenvalue weighted by molar-refractivity contribution is 0.0240. The van der Waals surface area contributed by atoms with Gasteiger partial charge in [0.15, 0.2) is 0 Å². The lowest BCUT2D eigenvalue weighted by Gasteiger charge is -2.24.